The summed E-state index contributed by atoms with van der Waals surface area (Å²) in [4.78, 5) is 11.9. The van der Waals surface area contributed by atoms with Crippen molar-refractivity contribution in [2.75, 3.05) is 11.9 Å². The molecule has 25 heavy (non-hydrogen) atoms. The van der Waals surface area contributed by atoms with Crippen LogP contribution in [0.15, 0.2) is 42.5 Å². The zero-order valence-electron chi connectivity index (χ0n) is 14.1. The van der Waals surface area contributed by atoms with Crippen LogP contribution in [0.25, 0.3) is 0 Å². The van der Waals surface area contributed by atoms with Gasteiger partial charge in [-0.15, -0.1) is 0 Å². The minimum Gasteiger partial charge on any atom is -0.493 e. The lowest BCUT2D eigenvalue weighted by Crippen LogP contribution is -2.17. The molecule has 6 heteroatoms. The molecule has 0 aliphatic rings. The third-order valence-corrected chi connectivity index (χ3v) is 3.64. The quantitative estimate of drug-likeness (QED) is 0.734. The van der Waals surface area contributed by atoms with Crippen LogP contribution in [-0.4, -0.2) is 12.5 Å². The minimum absolute atomic E-state index is 0.0805. The van der Waals surface area contributed by atoms with E-state index in [0.717, 1.165) is 22.9 Å². The SMILES string of the molecule is Cc1ccc(OCCCC(=O)Nc2ccccc2C(F)(F)F)c(C)c1. The van der Waals surface area contributed by atoms with E-state index in [9.17, 15) is 18.0 Å². The molecule has 0 aliphatic carbocycles. The number of amides is 1. The smallest absolute Gasteiger partial charge is 0.418 e. The third kappa shape index (κ3) is 5.52. The highest BCUT2D eigenvalue weighted by atomic mass is 19.4. The second-order valence-electron chi connectivity index (χ2n) is 5.81. The minimum atomic E-state index is -4.50. The monoisotopic (exact) mass is 351 g/mol. The number of hydrogen-bond acceptors (Lipinski definition) is 2. The van der Waals surface area contributed by atoms with Crippen molar-refractivity contribution in [3.8, 4) is 5.75 Å². The Morgan fingerprint density at radius 1 is 1.12 bits per heavy atom. The Kier molecular flexibility index (Phi) is 6.07. The Labute approximate surface area is 144 Å². The van der Waals surface area contributed by atoms with Crippen LogP contribution < -0.4 is 10.1 Å². The summed E-state index contributed by atoms with van der Waals surface area (Å²) < 4.78 is 44.3. The fourth-order valence-electron chi connectivity index (χ4n) is 2.43. The summed E-state index contributed by atoms with van der Waals surface area (Å²) >= 11 is 0. The van der Waals surface area contributed by atoms with Crippen LogP contribution in [0.2, 0.25) is 0 Å². The molecule has 2 aromatic rings. The maximum atomic E-state index is 12.9. The predicted octanol–water partition coefficient (Wildman–Crippen LogP) is 5.12. The van der Waals surface area contributed by atoms with E-state index in [2.05, 4.69) is 5.32 Å². The molecular formula is C19H20F3NO2. The number of nitrogens with one attached hydrogen (secondary N) is 1. The Morgan fingerprint density at radius 2 is 1.84 bits per heavy atom. The molecule has 0 radical (unpaired) electrons. The molecule has 1 N–H and O–H groups in total. The normalized spacial score (nSPS) is 11.2. The lowest BCUT2D eigenvalue weighted by atomic mass is 10.1. The number of carbonyl (C=O) groups excluding carboxylic acids is 1. The van der Waals surface area contributed by atoms with Crippen molar-refractivity contribution >= 4 is 11.6 Å². The van der Waals surface area contributed by atoms with E-state index in [1.165, 1.54) is 18.2 Å². The van der Waals surface area contributed by atoms with Gasteiger partial charge in [0, 0.05) is 6.42 Å². The number of halogens is 3. The van der Waals surface area contributed by atoms with Gasteiger partial charge in [0.1, 0.15) is 5.75 Å². The summed E-state index contributed by atoms with van der Waals surface area (Å²) in [5.41, 5.74) is 1.06. The number of alkyl halides is 3. The first-order valence-electron chi connectivity index (χ1n) is 7.93. The number of anilines is 1. The van der Waals surface area contributed by atoms with Crippen LogP contribution in [0.5, 0.6) is 5.75 Å². The first kappa shape index (κ1) is 18.8. The van der Waals surface area contributed by atoms with Crippen molar-refractivity contribution in [3.63, 3.8) is 0 Å². The molecule has 134 valence electrons. The molecule has 2 aromatic carbocycles. The zero-order valence-corrected chi connectivity index (χ0v) is 14.1. The summed E-state index contributed by atoms with van der Waals surface area (Å²) in [7, 11) is 0. The zero-order chi connectivity index (χ0) is 18.4. The van der Waals surface area contributed by atoms with Gasteiger partial charge in [0.25, 0.3) is 0 Å². The van der Waals surface area contributed by atoms with E-state index in [1.807, 2.05) is 32.0 Å². The number of para-hydroxylation sites is 1. The van der Waals surface area contributed by atoms with Gasteiger partial charge >= 0.3 is 6.18 Å². The van der Waals surface area contributed by atoms with Crippen molar-refractivity contribution in [1.82, 2.24) is 0 Å². The van der Waals surface area contributed by atoms with Gasteiger partial charge in [-0.2, -0.15) is 13.2 Å². The molecule has 0 unspecified atom stereocenters. The molecule has 0 saturated carbocycles. The summed E-state index contributed by atoms with van der Waals surface area (Å²) in [5, 5.41) is 2.32. The van der Waals surface area contributed by atoms with Crippen LogP contribution >= 0.6 is 0 Å². The highest BCUT2D eigenvalue weighted by Crippen LogP contribution is 2.34. The van der Waals surface area contributed by atoms with Crippen molar-refractivity contribution < 1.29 is 22.7 Å². The molecule has 3 nitrogen and oxygen atoms in total. The number of hydrogen-bond donors (Lipinski definition) is 1. The van der Waals surface area contributed by atoms with Crippen molar-refractivity contribution in [3.05, 3.63) is 59.2 Å². The first-order valence-corrected chi connectivity index (χ1v) is 7.93. The maximum absolute atomic E-state index is 12.9. The highest BCUT2D eigenvalue weighted by Gasteiger charge is 2.33. The van der Waals surface area contributed by atoms with Gasteiger partial charge in [-0.05, 0) is 44.0 Å². The lowest BCUT2D eigenvalue weighted by molar-refractivity contribution is -0.137. The lowest BCUT2D eigenvalue weighted by Gasteiger charge is -2.13. The highest BCUT2D eigenvalue weighted by molar-refractivity contribution is 5.91. The number of ether oxygens (including phenoxy) is 1. The average molecular weight is 351 g/mol. The van der Waals surface area contributed by atoms with Gasteiger partial charge in [-0.25, -0.2) is 0 Å². The van der Waals surface area contributed by atoms with E-state index in [-0.39, 0.29) is 12.1 Å². The molecule has 1 amide bonds. The molecule has 0 aliphatic heterocycles. The Hall–Kier alpha value is -2.50. The van der Waals surface area contributed by atoms with Gasteiger partial charge in [-0.3, -0.25) is 4.79 Å². The van der Waals surface area contributed by atoms with E-state index in [0.29, 0.717) is 13.0 Å². The fraction of sp³-hybridized carbons (Fsp3) is 0.316. The summed E-state index contributed by atoms with van der Waals surface area (Å²) in [6.07, 6.45) is -4.01. The van der Waals surface area contributed by atoms with Gasteiger partial charge in [0.2, 0.25) is 5.91 Å². The molecule has 0 saturated heterocycles. The third-order valence-electron chi connectivity index (χ3n) is 3.64. The number of carbonyl (C=O) groups is 1. The molecule has 2 rings (SSSR count). The predicted molar refractivity (Wildman–Crippen MR) is 90.7 cm³/mol. The van der Waals surface area contributed by atoms with E-state index in [4.69, 9.17) is 4.74 Å². The summed E-state index contributed by atoms with van der Waals surface area (Å²) in [6.45, 7) is 4.24. The van der Waals surface area contributed by atoms with Gasteiger partial charge < -0.3 is 10.1 Å². The summed E-state index contributed by atoms with van der Waals surface area (Å²) in [5.74, 6) is 0.273. The van der Waals surface area contributed by atoms with E-state index in [1.54, 1.807) is 0 Å². The number of aryl methyl sites for hydroxylation is 2. The Bertz CT molecular complexity index is 742. The topological polar surface area (TPSA) is 38.3 Å². The van der Waals surface area contributed by atoms with Crippen molar-refractivity contribution in [2.24, 2.45) is 0 Å². The average Bonchev–Trinajstić information content (AvgIpc) is 2.52. The molecule has 0 aromatic heterocycles. The maximum Gasteiger partial charge on any atom is 0.418 e. The van der Waals surface area contributed by atoms with E-state index < -0.39 is 17.6 Å². The van der Waals surface area contributed by atoms with Gasteiger partial charge in [0.15, 0.2) is 0 Å². The summed E-state index contributed by atoms with van der Waals surface area (Å²) in [6, 6.07) is 10.7. The van der Waals surface area contributed by atoms with E-state index >= 15 is 0 Å². The van der Waals surface area contributed by atoms with Crippen molar-refractivity contribution in [2.45, 2.75) is 32.9 Å². The molecule has 0 atom stereocenters. The molecular weight excluding hydrogens is 331 g/mol. The molecule has 0 heterocycles. The second kappa shape index (κ2) is 8.05. The molecule has 0 fully saturated rings. The van der Waals surface area contributed by atoms with Crippen LogP contribution in [0.4, 0.5) is 18.9 Å². The molecule has 0 spiro atoms. The molecule has 0 bridgehead atoms. The van der Waals surface area contributed by atoms with Crippen LogP contribution in [-0.2, 0) is 11.0 Å². The van der Waals surface area contributed by atoms with Crippen LogP contribution in [0, 0.1) is 13.8 Å². The van der Waals surface area contributed by atoms with Crippen LogP contribution in [0.3, 0.4) is 0 Å². The second-order valence-corrected chi connectivity index (χ2v) is 5.81. The van der Waals surface area contributed by atoms with Crippen LogP contribution in [0.1, 0.15) is 29.5 Å². The van der Waals surface area contributed by atoms with Gasteiger partial charge in [-0.1, -0.05) is 29.8 Å². The largest absolute Gasteiger partial charge is 0.493 e. The number of rotatable bonds is 6. The van der Waals surface area contributed by atoms with Crippen molar-refractivity contribution in [1.29, 1.82) is 0 Å². The van der Waals surface area contributed by atoms with Gasteiger partial charge in [0.05, 0.1) is 17.9 Å². The first-order chi connectivity index (χ1) is 11.8. The number of benzene rings is 2. The standard InChI is InChI=1S/C19H20F3NO2/c1-13-9-10-17(14(2)12-13)25-11-5-8-18(24)23-16-7-4-3-6-15(16)19(20,21)22/h3-4,6-7,9-10,12H,5,8,11H2,1-2H3,(H,23,24). The fourth-order valence-corrected chi connectivity index (χ4v) is 2.43. The Morgan fingerprint density at radius 3 is 2.52 bits per heavy atom. The Balaban J connectivity index is 1.84.